The third-order valence-electron chi connectivity index (χ3n) is 4.93. The summed E-state index contributed by atoms with van der Waals surface area (Å²) in [5.41, 5.74) is 3.18. The number of carbonyl (C=O) groups is 3. The Hall–Kier alpha value is -3.15. The van der Waals surface area contributed by atoms with E-state index in [-0.39, 0.29) is 35.0 Å². The molecule has 1 fully saturated rings. The van der Waals surface area contributed by atoms with Crippen LogP contribution in [0, 0.1) is 11.8 Å². The van der Waals surface area contributed by atoms with Crippen molar-refractivity contribution >= 4 is 34.8 Å². The van der Waals surface area contributed by atoms with E-state index in [0.717, 1.165) is 5.69 Å². The summed E-state index contributed by atoms with van der Waals surface area (Å²) in [5, 5.41) is 8.39. The predicted octanol–water partition coefficient (Wildman–Crippen LogP) is 4.16. The molecule has 152 valence electrons. The van der Waals surface area contributed by atoms with E-state index in [0.29, 0.717) is 17.8 Å². The second-order valence-corrected chi connectivity index (χ2v) is 8.52. The van der Waals surface area contributed by atoms with Crippen LogP contribution in [0.25, 0.3) is 0 Å². The van der Waals surface area contributed by atoms with Crippen LogP contribution in [0.3, 0.4) is 0 Å². The Morgan fingerprint density at radius 2 is 1.31 bits per heavy atom. The van der Waals surface area contributed by atoms with Gasteiger partial charge in [0.15, 0.2) is 0 Å². The summed E-state index contributed by atoms with van der Waals surface area (Å²) in [7, 11) is 0. The first-order chi connectivity index (χ1) is 13.6. The molecule has 2 atom stereocenters. The Kier molecular flexibility index (Phi) is 5.73. The van der Waals surface area contributed by atoms with Crippen molar-refractivity contribution in [3.05, 3.63) is 54.1 Å². The highest BCUT2D eigenvalue weighted by Gasteiger charge is 2.48. The number of anilines is 3. The Balaban J connectivity index is 1.54. The summed E-state index contributed by atoms with van der Waals surface area (Å²) >= 11 is 0. The van der Waals surface area contributed by atoms with E-state index in [4.69, 9.17) is 0 Å². The molecule has 3 amide bonds. The van der Waals surface area contributed by atoms with Gasteiger partial charge in [0, 0.05) is 24.0 Å². The number of hydrogen-bond donors (Lipinski definition) is 3. The van der Waals surface area contributed by atoms with E-state index in [9.17, 15) is 14.4 Å². The minimum absolute atomic E-state index is 0.0550. The maximum atomic E-state index is 12.5. The lowest BCUT2D eigenvalue weighted by atomic mass is 9.87. The lowest BCUT2D eigenvalue weighted by Gasteiger charge is -2.19. The lowest BCUT2D eigenvalue weighted by Crippen LogP contribution is -2.20. The molecule has 29 heavy (non-hydrogen) atoms. The van der Waals surface area contributed by atoms with Gasteiger partial charge in [-0.1, -0.05) is 39.0 Å². The first kappa shape index (κ1) is 20.6. The molecular weight excluding hydrogens is 366 g/mol. The maximum Gasteiger partial charge on any atom is 0.228 e. The van der Waals surface area contributed by atoms with Crippen molar-refractivity contribution in [1.29, 1.82) is 0 Å². The minimum atomic E-state index is -0.340. The van der Waals surface area contributed by atoms with Crippen LogP contribution in [0.15, 0.2) is 48.5 Å². The van der Waals surface area contributed by atoms with Gasteiger partial charge in [-0.2, -0.15) is 0 Å². The summed E-state index contributed by atoms with van der Waals surface area (Å²) in [6.45, 7) is 7.84. The zero-order chi connectivity index (χ0) is 21.2. The molecule has 0 bridgehead atoms. The zero-order valence-electron chi connectivity index (χ0n) is 17.2. The van der Waals surface area contributed by atoms with Crippen LogP contribution in [0.1, 0.15) is 39.7 Å². The molecule has 2 aromatic rings. The van der Waals surface area contributed by atoms with Gasteiger partial charge in [-0.25, -0.2) is 0 Å². The largest absolute Gasteiger partial charge is 0.326 e. The minimum Gasteiger partial charge on any atom is -0.326 e. The Morgan fingerprint density at radius 3 is 1.83 bits per heavy atom. The van der Waals surface area contributed by atoms with Crippen LogP contribution in [-0.2, 0) is 19.8 Å². The number of benzene rings is 2. The van der Waals surface area contributed by atoms with Crippen molar-refractivity contribution < 1.29 is 14.4 Å². The predicted molar refractivity (Wildman–Crippen MR) is 115 cm³/mol. The van der Waals surface area contributed by atoms with E-state index in [1.54, 1.807) is 24.3 Å². The molecule has 0 aromatic heterocycles. The van der Waals surface area contributed by atoms with Crippen LogP contribution in [0.4, 0.5) is 17.1 Å². The molecule has 2 aromatic carbocycles. The Morgan fingerprint density at radius 1 is 0.793 bits per heavy atom. The fourth-order valence-corrected chi connectivity index (χ4v) is 3.18. The van der Waals surface area contributed by atoms with E-state index in [1.165, 1.54) is 12.5 Å². The molecule has 1 aliphatic carbocycles. The molecule has 0 aliphatic heterocycles. The van der Waals surface area contributed by atoms with Crippen LogP contribution in [-0.4, -0.2) is 17.7 Å². The summed E-state index contributed by atoms with van der Waals surface area (Å²) in [5.74, 6) is -1.17. The number of carbonyl (C=O) groups excluding carboxylic acids is 3. The highest BCUT2D eigenvalue weighted by Crippen LogP contribution is 2.40. The molecule has 1 saturated carbocycles. The fraction of sp³-hybridized carbons (Fsp3) is 0.348. The fourth-order valence-electron chi connectivity index (χ4n) is 3.18. The summed E-state index contributed by atoms with van der Waals surface area (Å²) in [6, 6.07) is 14.7. The van der Waals surface area contributed by atoms with Crippen molar-refractivity contribution in [2.75, 3.05) is 16.0 Å². The number of nitrogens with one attached hydrogen (secondary N) is 3. The molecule has 3 N–H and O–H groups in total. The van der Waals surface area contributed by atoms with Gasteiger partial charge in [0.1, 0.15) is 0 Å². The van der Waals surface area contributed by atoms with E-state index in [1.807, 2.05) is 24.3 Å². The molecule has 6 nitrogen and oxygen atoms in total. The monoisotopic (exact) mass is 393 g/mol. The Bertz CT molecular complexity index is 929. The van der Waals surface area contributed by atoms with Gasteiger partial charge in [0.25, 0.3) is 0 Å². The van der Waals surface area contributed by atoms with Crippen LogP contribution in [0.2, 0.25) is 0 Å². The van der Waals surface area contributed by atoms with Crippen LogP contribution >= 0.6 is 0 Å². The molecule has 0 spiro atoms. The molecule has 0 saturated heterocycles. The first-order valence-corrected chi connectivity index (χ1v) is 9.73. The normalized spacial score (nSPS) is 17.9. The van der Waals surface area contributed by atoms with E-state index < -0.39 is 0 Å². The number of rotatable bonds is 5. The average Bonchev–Trinajstić information content (AvgIpc) is 3.42. The highest BCUT2D eigenvalue weighted by atomic mass is 16.2. The molecule has 1 aliphatic rings. The maximum absolute atomic E-state index is 12.5. The van der Waals surface area contributed by atoms with Gasteiger partial charge in [0.05, 0.1) is 11.8 Å². The van der Waals surface area contributed by atoms with Gasteiger partial charge in [-0.3, -0.25) is 14.4 Å². The third kappa shape index (κ3) is 5.44. The van der Waals surface area contributed by atoms with Crippen molar-refractivity contribution in [3.63, 3.8) is 0 Å². The van der Waals surface area contributed by atoms with Crippen molar-refractivity contribution in [3.8, 4) is 0 Å². The quantitative estimate of drug-likeness (QED) is 0.713. The van der Waals surface area contributed by atoms with Crippen LogP contribution in [0.5, 0.6) is 0 Å². The number of hydrogen-bond acceptors (Lipinski definition) is 3. The van der Waals surface area contributed by atoms with Gasteiger partial charge < -0.3 is 16.0 Å². The number of amides is 3. The highest BCUT2D eigenvalue weighted by molar-refractivity contribution is 6.03. The topological polar surface area (TPSA) is 87.3 Å². The molecular formula is C23H27N3O3. The molecule has 6 heteroatoms. The SMILES string of the molecule is CC(=O)Nc1cccc(NC(=O)C2CC2C(=O)Nc2ccc(C(C)(C)C)cc2)c1. The molecule has 3 rings (SSSR count). The van der Waals surface area contributed by atoms with Crippen LogP contribution < -0.4 is 16.0 Å². The standard InChI is InChI=1S/C23H27N3O3/c1-14(27)24-17-6-5-7-18(12-17)26-22(29)20-13-19(20)21(28)25-16-10-8-15(9-11-16)23(2,3)4/h5-12,19-20H,13H2,1-4H3,(H,24,27)(H,25,28)(H,26,29). The average molecular weight is 393 g/mol. The first-order valence-electron chi connectivity index (χ1n) is 9.73. The van der Waals surface area contributed by atoms with E-state index >= 15 is 0 Å². The zero-order valence-corrected chi connectivity index (χ0v) is 17.2. The summed E-state index contributed by atoms with van der Waals surface area (Å²) in [4.78, 5) is 36.1. The second-order valence-electron chi connectivity index (χ2n) is 8.52. The van der Waals surface area contributed by atoms with Crippen molar-refractivity contribution in [2.24, 2.45) is 11.8 Å². The lowest BCUT2D eigenvalue weighted by molar-refractivity contribution is -0.122. The summed E-state index contributed by atoms with van der Waals surface area (Å²) < 4.78 is 0. The van der Waals surface area contributed by atoms with Crippen molar-refractivity contribution in [1.82, 2.24) is 0 Å². The second kappa shape index (κ2) is 8.07. The summed E-state index contributed by atoms with van der Waals surface area (Å²) in [6.07, 6.45) is 0.531. The van der Waals surface area contributed by atoms with Gasteiger partial charge in [0.2, 0.25) is 17.7 Å². The van der Waals surface area contributed by atoms with Gasteiger partial charge in [-0.05, 0) is 47.7 Å². The molecule has 0 radical (unpaired) electrons. The smallest absolute Gasteiger partial charge is 0.228 e. The molecule has 2 unspecified atom stereocenters. The van der Waals surface area contributed by atoms with Gasteiger partial charge in [-0.15, -0.1) is 0 Å². The van der Waals surface area contributed by atoms with Crippen molar-refractivity contribution in [2.45, 2.75) is 39.5 Å². The Labute approximate surface area is 171 Å². The molecule has 0 heterocycles. The van der Waals surface area contributed by atoms with Gasteiger partial charge >= 0.3 is 0 Å². The third-order valence-corrected chi connectivity index (χ3v) is 4.93. The van der Waals surface area contributed by atoms with E-state index in [2.05, 4.69) is 36.7 Å².